The minimum absolute atomic E-state index is 0.00683. The summed E-state index contributed by atoms with van der Waals surface area (Å²) in [5.74, 6) is -1.08. The van der Waals surface area contributed by atoms with Crippen LogP contribution in [-0.2, 0) is 21.4 Å². The highest BCUT2D eigenvalue weighted by Gasteiger charge is 2.41. The Labute approximate surface area is 219 Å². The molecule has 0 radical (unpaired) electrons. The minimum Gasteiger partial charge on any atom is -0.497 e. The molecule has 3 aromatic carbocycles. The second kappa shape index (κ2) is 11.6. The second-order valence-corrected chi connectivity index (χ2v) is 10.4. The number of nitrogens with zero attached hydrogens (tertiary/aromatic N) is 2. The van der Waals surface area contributed by atoms with E-state index in [0.29, 0.717) is 11.4 Å². The van der Waals surface area contributed by atoms with Crippen molar-refractivity contribution >= 4 is 27.6 Å². The Morgan fingerprint density at radius 1 is 0.974 bits per heavy atom. The lowest BCUT2D eigenvalue weighted by Gasteiger charge is -2.39. The number of methoxy groups -OCH3 is 1. The molecule has 2 N–H and O–H groups in total. The zero-order chi connectivity index (χ0) is 27.3. The molecule has 0 aliphatic carbocycles. The van der Waals surface area contributed by atoms with Crippen LogP contribution in [0.5, 0.6) is 5.75 Å². The van der Waals surface area contributed by atoms with Crippen LogP contribution in [0, 0.1) is 11.6 Å². The molecule has 1 atom stereocenters. The van der Waals surface area contributed by atoms with E-state index in [9.17, 15) is 26.8 Å². The summed E-state index contributed by atoms with van der Waals surface area (Å²) in [4.78, 5) is 27.4. The van der Waals surface area contributed by atoms with Gasteiger partial charge in [-0.3, -0.25) is 4.79 Å². The zero-order valence-corrected chi connectivity index (χ0v) is 21.3. The van der Waals surface area contributed by atoms with Crippen molar-refractivity contribution in [1.82, 2.24) is 14.5 Å². The molecule has 1 aliphatic heterocycles. The summed E-state index contributed by atoms with van der Waals surface area (Å²) >= 11 is 0. The Hall–Kier alpha value is -4.03. The summed E-state index contributed by atoms with van der Waals surface area (Å²) in [6.07, 6.45) is 0. The lowest BCUT2D eigenvalue weighted by atomic mass is 10.1. The van der Waals surface area contributed by atoms with Gasteiger partial charge in [0.15, 0.2) is 0 Å². The van der Waals surface area contributed by atoms with Crippen LogP contribution in [0.1, 0.15) is 5.56 Å². The topological polar surface area (TPSA) is 108 Å². The number of benzene rings is 3. The molecule has 0 bridgehead atoms. The van der Waals surface area contributed by atoms with E-state index in [1.807, 2.05) is 0 Å². The van der Waals surface area contributed by atoms with Crippen molar-refractivity contribution in [2.45, 2.75) is 17.5 Å². The molecule has 4 rings (SSSR count). The average molecular weight is 545 g/mol. The monoisotopic (exact) mass is 544 g/mol. The maximum absolute atomic E-state index is 13.4. The number of rotatable bonds is 7. The highest BCUT2D eigenvalue weighted by molar-refractivity contribution is 7.89. The fraction of sp³-hybridized carbons (Fsp3) is 0.231. The molecule has 1 saturated heterocycles. The Balaban J connectivity index is 1.55. The van der Waals surface area contributed by atoms with Crippen LogP contribution in [0.15, 0.2) is 77.7 Å². The van der Waals surface area contributed by atoms with Gasteiger partial charge in [-0.05, 0) is 66.2 Å². The quantitative estimate of drug-likeness (QED) is 0.475. The van der Waals surface area contributed by atoms with Gasteiger partial charge in [0.1, 0.15) is 23.4 Å². The van der Waals surface area contributed by atoms with Crippen LogP contribution in [-0.4, -0.2) is 62.3 Å². The van der Waals surface area contributed by atoms with E-state index in [4.69, 9.17) is 4.74 Å². The fourth-order valence-electron chi connectivity index (χ4n) is 4.02. The SMILES string of the molecule is COc1cccc(CNC(=O)C2CN(C(=O)Nc3ccc(F)cc3)CCN2S(=O)(=O)c2ccc(F)cc2)c1. The smallest absolute Gasteiger partial charge is 0.321 e. The van der Waals surface area contributed by atoms with E-state index < -0.39 is 39.6 Å². The van der Waals surface area contributed by atoms with Crippen molar-refractivity contribution in [2.75, 3.05) is 32.1 Å². The number of nitrogens with one attached hydrogen (secondary N) is 2. The molecule has 0 spiro atoms. The van der Waals surface area contributed by atoms with Gasteiger partial charge < -0.3 is 20.3 Å². The molecular weight excluding hydrogens is 518 g/mol. The summed E-state index contributed by atoms with van der Waals surface area (Å²) in [5, 5.41) is 5.36. The van der Waals surface area contributed by atoms with Crippen molar-refractivity contribution in [3.63, 3.8) is 0 Å². The van der Waals surface area contributed by atoms with Gasteiger partial charge >= 0.3 is 6.03 Å². The maximum Gasteiger partial charge on any atom is 0.321 e. The molecule has 3 amide bonds. The third kappa shape index (κ3) is 6.26. The van der Waals surface area contributed by atoms with Crippen LogP contribution in [0.3, 0.4) is 0 Å². The number of anilines is 1. The lowest BCUT2D eigenvalue weighted by Crippen LogP contribution is -2.61. The molecule has 1 unspecified atom stereocenters. The maximum atomic E-state index is 13.4. The first-order valence-corrected chi connectivity index (χ1v) is 13.1. The molecule has 1 aliphatic rings. The van der Waals surface area contributed by atoms with Crippen LogP contribution in [0.2, 0.25) is 0 Å². The zero-order valence-electron chi connectivity index (χ0n) is 20.4. The summed E-state index contributed by atoms with van der Waals surface area (Å²) in [7, 11) is -2.68. The van der Waals surface area contributed by atoms with Crippen molar-refractivity contribution in [3.05, 3.63) is 90.0 Å². The van der Waals surface area contributed by atoms with Crippen LogP contribution >= 0.6 is 0 Å². The van der Waals surface area contributed by atoms with Crippen LogP contribution in [0.25, 0.3) is 0 Å². The normalized spacial score (nSPS) is 16.1. The average Bonchev–Trinajstić information content (AvgIpc) is 2.93. The molecule has 3 aromatic rings. The third-order valence-electron chi connectivity index (χ3n) is 6.04. The van der Waals surface area contributed by atoms with Gasteiger partial charge in [-0.25, -0.2) is 22.0 Å². The third-order valence-corrected chi connectivity index (χ3v) is 7.96. The van der Waals surface area contributed by atoms with Crippen LogP contribution in [0.4, 0.5) is 19.3 Å². The van der Waals surface area contributed by atoms with Crippen molar-refractivity contribution < 1.29 is 31.5 Å². The second-order valence-electron chi connectivity index (χ2n) is 8.54. The summed E-state index contributed by atoms with van der Waals surface area (Å²) in [6.45, 7) is -0.322. The number of ether oxygens (including phenoxy) is 1. The van der Waals surface area contributed by atoms with E-state index in [1.54, 1.807) is 24.3 Å². The number of carbonyl (C=O) groups is 2. The molecule has 1 fully saturated rings. The van der Waals surface area contributed by atoms with Gasteiger partial charge in [-0.1, -0.05) is 12.1 Å². The van der Waals surface area contributed by atoms with E-state index in [-0.39, 0.29) is 31.1 Å². The van der Waals surface area contributed by atoms with Gasteiger partial charge in [-0.2, -0.15) is 4.31 Å². The van der Waals surface area contributed by atoms with E-state index in [1.165, 1.54) is 36.3 Å². The molecule has 0 aromatic heterocycles. The van der Waals surface area contributed by atoms with E-state index in [0.717, 1.165) is 34.1 Å². The first-order chi connectivity index (χ1) is 18.2. The molecule has 38 heavy (non-hydrogen) atoms. The van der Waals surface area contributed by atoms with Crippen molar-refractivity contribution in [2.24, 2.45) is 0 Å². The minimum atomic E-state index is -4.19. The van der Waals surface area contributed by atoms with E-state index >= 15 is 0 Å². The number of piperazine rings is 1. The number of carbonyl (C=O) groups excluding carboxylic acids is 2. The van der Waals surface area contributed by atoms with Gasteiger partial charge in [0.25, 0.3) is 0 Å². The van der Waals surface area contributed by atoms with Gasteiger partial charge in [0.05, 0.1) is 12.0 Å². The fourth-order valence-corrected chi connectivity index (χ4v) is 5.59. The first-order valence-electron chi connectivity index (χ1n) is 11.7. The van der Waals surface area contributed by atoms with Crippen molar-refractivity contribution in [3.8, 4) is 5.75 Å². The summed E-state index contributed by atoms with van der Waals surface area (Å²) < 4.78 is 59.7. The number of hydrogen-bond acceptors (Lipinski definition) is 5. The number of urea groups is 1. The molecule has 12 heteroatoms. The number of hydrogen-bond donors (Lipinski definition) is 2. The van der Waals surface area contributed by atoms with Gasteiger partial charge in [0.2, 0.25) is 15.9 Å². The Bertz CT molecular complexity index is 1400. The van der Waals surface area contributed by atoms with Crippen LogP contribution < -0.4 is 15.4 Å². The largest absolute Gasteiger partial charge is 0.497 e. The number of amides is 3. The Kier molecular flexibility index (Phi) is 8.23. The highest BCUT2D eigenvalue weighted by atomic mass is 32.2. The Morgan fingerprint density at radius 2 is 1.63 bits per heavy atom. The van der Waals surface area contributed by atoms with Crippen molar-refractivity contribution in [1.29, 1.82) is 0 Å². The number of halogens is 2. The Morgan fingerprint density at radius 3 is 2.29 bits per heavy atom. The molecule has 0 saturated carbocycles. The lowest BCUT2D eigenvalue weighted by molar-refractivity contribution is -0.126. The first kappa shape index (κ1) is 27.0. The molecular formula is C26H26F2N4O5S. The molecule has 9 nitrogen and oxygen atoms in total. The predicted molar refractivity (Wildman–Crippen MR) is 136 cm³/mol. The van der Waals surface area contributed by atoms with Gasteiger partial charge in [0, 0.05) is 31.9 Å². The van der Waals surface area contributed by atoms with Gasteiger partial charge in [-0.15, -0.1) is 0 Å². The number of sulfonamides is 1. The summed E-state index contributed by atoms with van der Waals surface area (Å²) in [5.41, 5.74) is 1.07. The molecule has 200 valence electrons. The summed E-state index contributed by atoms with van der Waals surface area (Å²) in [6, 6.07) is 14.7. The predicted octanol–water partition coefficient (Wildman–Crippen LogP) is 3.20. The highest BCUT2D eigenvalue weighted by Crippen LogP contribution is 2.23. The molecule has 1 heterocycles. The standard InChI is InChI=1S/C26H26F2N4O5S/c1-37-22-4-2-3-18(15-22)16-29-25(33)24-17-31(26(34)30-21-9-5-19(27)6-10-21)13-14-32(24)38(35,36)23-11-7-20(28)8-12-23/h2-12,15,24H,13-14,16-17H2,1H3,(H,29,33)(H,30,34). The van der Waals surface area contributed by atoms with E-state index in [2.05, 4.69) is 10.6 Å².